The van der Waals surface area contributed by atoms with Crippen LogP contribution in [0, 0.1) is 11.3 Å². The van der Waals surface area contributed by atoms with E-state index in [0.717, 1.165) is 22.4 Å². The number of H-pyrrole nitrogens is 1. The maximum Gasteiger partial charge on any atom is 0.229 e. The Balaban J connectivity index is 1.72. The second-order valence-electron chi connectivity index (χ2n) is 5.32. The number of nitrogens with zero attached hydrogens (tertiary/aromatic N) is 4. The summed E-state index contributed by atoms with van der Waals surface area (Å²) in [6.45, 7) is 0. The molecule has 25 heavy (non-hydrogen) atoms. The van der Waals surface area contributed by atoms with Gasteiger partial charge in [0.15, 0.2) is 0 Å². The Kier molecular flexibility index (Phi) is 3.69. The van der Waals surface area contributed by atoms with Crippen molar-refractivity contribution in [3.05, 3.63) is 66.4 Å². The zero-order chi connectivity index (χ0) is 17.1. The molecule has 7 nitrogen and oxygen atoms in total. The van der Waals surface area contributed by atoms with Crippen molar-refractivity contribution in [3.63, 3.8) is 0 Å². The van der Waals surface area contributed by atoms with E-state index in [0.29, 0.717) is 17.3 Å². The van der Waals surface area contributed by atoms with E-state index in [1.54, 1.807) is 18.3 Å². The van der Waals surface area contributed by atoms with Crippen molar-refractivity contribution in [2.75, 3.05) is 10.6 Å². The fourth-order valence-electron chi connectivity index (χ4n) is 2.44. The molecule has 120 valence electrons. The van der Waals surface area contributed by atoms with Gasteiger partial charge in [0.05, 0.1) is 23.3 Å². The van der Waals surface area contributed by atoms with Gasteiger partial charge in [-0.05, 0) is 36.4 Å². The Morgan fingerprint density at radius 3 is 2.52 bits per heavy atom. The number of benzene rings is 2. The molecule has 0 saturated heterocycles. The van der Waals surface area contributed by atoms with Crippen LogP contribution in [0.1, 0.15) is 5.56 Å². The summed E-state index contributed by atoms with van der Waals surface area (Å²) in [5, 5.41) is 23.0. The average Bonchev–Trinajstić information content (AvgIpc) is 3.15. The van der Waals surface area contributed by atoms with Crippen LogP contribution < -0.4 is 10.6 Å². The van der Waals surface area contributed by atoms with Gasteiger partial charge in [-0.1, -0.05) is 12.1 Å². The van der Waals surface area contributed by atoms with Gasteiger partial charge in [0.2, 0.25) is 5.95 Å². The van der Waals surface area contributed by atoms with Gasteiger partial charge in [0.25, 0.3) is 0 Å². The molecule has 0 aliphatic heterocycles. The van der Waals surface area contributed by atoms with Crippen LogP contribution in [0.3, 0.4) is 0 Å². The fraction of sp³-hybridized carbons (Fsp3) is 0. The molecule has 2 aromatic carbocycles. The first-order chi connectivity index (χ1) is 12.3. The maximum atomic E-state index is 8.88. The summed E-state index contributed by atoms with van der Waals surface area (Å²) in [6.07, 6.45) is 1.67. The van der Waals surface area contributed by atoms with Gasteiger partial charge in [-0.2, -0.15) is 15.3 Å². The minimum atomic E-state index is 0.463. The standard InChI is InChI=1S/C18H13N7/c19-11-12-5-7-13(8-6-12)21-18-22-15-4-2-1-3-14(15)17(24-18)23-16-9-10-20-25-16/h1-10H,(H3,20,21,22,23,24,25). The normalized spacial score (nSPS) is 10.4. The summed E-state index contributed by atoms with van der Waals surface area (Å²) >= 11 is 0. The molecule has 3 N–H and O–H groups in total. The molecule has 0 atom stereocenters. The van der Waals surface area contributed by atoms with Crippen LogP contribution in [-0.4, -0.2) is 20.2 Å². The number of para-hydroxylation sites is 1. The summed E-state index contributed by atoms with van der Waals surface area (Å²) in [5.41, 5.74) is 2.23. The Bertz CT molecular complexity index is 1050. The molecule has 7 heteroatoms. The Morgan fingerprint density at radius 2 is 1.76 bits per heavy atom. The van der Waals surface area contributed by atoms with Crippen molar-refractivity contribution >= 4 is 34.2 Å². The van der Waals surface area contributed by atoms with Crippen LogP contribution in [0.25, 0.3) is 10.9 Å². The lowest BCUT2D eigenvalue weighted by molar-refractivity contribution is 1.09. The summed E-state index contributed by atoms with van der Waals surface area (Å²) < 4.78 is 0. The van der Waals surface area contributed by atoms with Crippen LogP contribution >= 0.6 is 0 Å². The molecule has 0 fully saturated rings. The highest BCUT2D eigenvalue weighted by atomic mass is 15.2. The van der Waals surface area contributed by atoms with Gasteiger partial charge in [0, 0.05) is 17.1 Å². The van der Waals surface area contributed by atoms with E-state index in [9.17, 15) is 0 Å². The van der Waals surface area contributed by atoms with Crippen molar-refractivity contribution in [3.8, 4) is 6.07 Å². The summed E-state index contributed by atoms with van der Waals surface area (Å²) in [7, 11) is 0. The van der Waals surface area contributed by atoms with Gasteiger partial charge in [-0.15, -0.1) is 0 Å². The molecule has 0 radical (unpaired) electrons. The van der Waals surface area contributed by atoms with Gasteiger partial charge in [0.1, 0.15) is 11.6 Å². The molecular weight excluding hydrogens is 314 g/mol. The smallest absolute Gasteiger partial charge is 0.229 e. The molecule has 2 aromatic heterocycles. The van der Waals surface area contributed by atoms with E-state index in [1.165, 1.54) is 0 Å². The Morgan fingerprint density at radius 1 is 0.920 bits per heavy atom. The van der Waals surface area contributed by atoms with Gasteiger partial charge in [-0.25, -0.2) is 4.98 Å². The van der Waals surface area contributed by atoms with Gasteiger partial charge < -0.3 is 10.6 Å². The quantitative estimate of drug-likeness (QED) is 0.528. The van der Waals surface area contributed by atoms with E-state index >= 15 is 0 Å². The number of hydrogen-bond acceptors (Lipinski definition) is 6. The van der Waals surface area contributed by atoms with E-state index < -0.39 is 0 Å². The topological polar surface area (TPSA) is 102 Å². The average molecular weight is 327 g/mol. The Hall–Kier alpha value is -3.92. The zero-order valence-corrected chi connectivity index (χ0v) is 13.1. The van der Waals surface area contributed by atoms with E-state index in [4.69, 9.17) is 5.26 Å². The van der Waals surface area contributed by atoms with Gasteiger partial charge in [-0.3, -0.25) is 5.10 Å². The second kappa shape index (κ2) is 6.29. The predicted molar refractivity (Wildman–Crippen MR) is 95.8 cm³/mol. The van der Waals surface area contributed by atoms with E-state index in [-0.39, 0.29) is 0 Å². The second-order valence-corrected chi connectivity index (χ2v) is 5.32. The first-order valence-corrected chi connectivity index (χ1v) is 7.62. The summed E-state index contributed by atoms with van der Waals surface area (Å²) in [6, 6.07) is 18.8. The molecule has 0 spiro atoms. The van der Waals surface area contributed by atoms with E-state index in [2.05, 4.69) is 36.9 Å². The largest absolute Gasteiger partial charge is 0.325 e. The maximum absolute atomic E-state index is 8.88. The zero-order valence-electron chi connectivity index (χ0n) is 13.1. The number of fused-ring (bicyclic) bond motifs is 1. The molecule has 0 bridgehead atoms. The van der Waals surface area contributed by atoms with Crippen LogP contribution in [0.2, 0.25) is 0 Å². The molecule has 0 saturated carbocycles. The Labute approximate surface area is 143 Å². The third-order valence-electron chi connectivity index (χ3n) is 3.63. The number of nitriles is 1. The van der Waals surface area contributed by atoms with Crippen molar-refractivity contribution < 1.29 is 0 Å². The monoisotopic (exact) mass is 327 g/mol. The first kappa shape index (κ1) is 14.7. The lowest BCUT2D eigenvalue weighted by Gasteiger charge is -2.11. The third kappa shape index (κ3) is 3.09. The van der Waals surface area contributed by atoms with Gasteiger partial charge >= 0.3 is 0 Å². The molecule has 0 aliphatic carbocycles. The summed E-state index contributed by atoms with van der Waals surface area (Å²) in [5.74, 6) is 1.88. The fourth-order valence-corrected chi connectivity index (χ4v) is 2.44. The molecule has 0 amide bonds. The predicted octanol–water partition coefficient (Wildman–Crippen LogP) is 3.71. The minimum Gasteiger partial charge on any atom is -0.325 e. The molecule has 4 aromatic rings. The SMILES string of the molecule is N#Cc1ccc(Nc2nc(Nc3ccn[nH]3)c3ccccc3n2)cc1. The number of aromatic amines is 1. The van der Waals surface area contributed by atoms with Crippen molar-refractivity contribution in [2.24, 2.45) is 0 Å². The highest BCUT2D eigenvalue weighted by molar-refractivity contribution is 5.91. The minimum absolute atomic E-state index is 0.463. The van der Waals surface area contributed by atoms with Crippen LogP contribution in [-0.2, 0) is 0 Å². The molecule has 0 unspecified atom stereocenters. The lowest BCUT2D eigenvalue weighted by atomic mass is 10.2. The number of hydrogen-bond donors (Lipinski definition) is 3. The number of aromatic nitrogens is 4. The van der Waals surface area contributed by atoms with Crippen molar-refractivity contribution in [1.29, 1.82) is 5.26 Å². The highest BCUT2D eigenvalue weighted by Gasteiger charge is 2.09. The van der Waals surface area contributed by atoms with Crippen molar-refractivity contribution in [2.45, 2.75) is 0 Å². The molecule has 2 heterocycles. The molecule has 0 aliphatic rings. The number of rotatable bonds is 4. The summed E-state index contributed by atoms with van der Waals surface area (Å²) in [4.78, 5) is 9.12. The lowest BCUT2D eigenvalue weighted by Crippen LogP contribution is -2.02. The van der Waals surface area contributed by atoms with Crippen molar-refractivity contribution in [1.82, 2.24) is 20.2 Å². The molecule has 4 rings (SSSR count). The number of anilines is 4. The number of nitrogens with one attached hydrogen (secondary N) is 3. The van der Waals surface area contributed by atoms with Crippen LogP contribution in [0.15, 0.2) is 60.8 Å². The van der Waals surface area contributed by atoms with E-state index in [1.807, 2.05) is 42.5 Å². The molecular formula is C18H13N7. The van der Waals surface area contributed by atoms with Crippen LogP contribution in [0.4, 0.5) is 23.3 Å². The first-order valence-electron chi connectivity index (χ1n) is 7.62. The third-order valence-corrected chi connectivity index (χ3v) is 3.63. The van der Waals surface area contributed by atoms with Crippen LogP contribution in [0.5, 0.6) is 0 Å². The highest BCUT2D eigenvalue weighted by Crippen LogP contribution is 2.25.